The van der Waals surface area contributed by atoms with Crippen molar-refractivity contribution in [2.45, 2.75) is 18.9 Å². The summed E-state index contributed by atoms with van der Waals surface area (Å²) in [4.78, 5) is 33.0. The number of aliphatic carboxylic acids is 1. The normalized spacial score (nSPS) is 10.8. The molecule has 0 fully saturated rings. The standard InChI is InChI=1S/C14H14N2O4/c15-12(17)8-7-11(14(19)20)16-13(18)9-6-10-4-2-1-3-5-10/h1-5,11H,7-8H2,(H2,15,17)(H,16,18)(H,19,20). The van der Waals surface area contributed by atoms with Gasteiger partial charge in [-0.25, -0.2) is 4.79 Å². The summed E-state index contributed by atoms with van der Waals surface area (Å²) in [6.07, 6.45) is -0.188. The minimum atomic E-state index is -1.24. The molecule has 1 rings (SSSR count). The van der Waals surface area contributed by atoms with Crippen LogP contribution in [-0.2, 0) is 14.4 Å². The molecule has 0 aliphatic heterocycles. The summed E-state index contributed by atoms with van der Waals surface area (Å²) in [6, 6.07) is 7.63. The number of carboxylic acid groups (broad SMARTS) is 1. The number of carbonyl (C=O) groups excluding carboxylic acids is 2. The van der Waals surface area contributed by atoms with Crippen LogP contribution in [0.25, 0.3) is 0 Å². The zero-order chi connectivity index (χ0) is 15.0. The van der Waals surface area contributed by atoms with Gasteiger partial charge in [-0.15, -0.1) is 0 Å². The molecule has 0 aliphatic carbocycles. The first-order chi connectivity index (χ1) is 9.49. The lowest BCUT2D eigenvalue weighted by molar-refractivity contribution is -0.141. The van der Waals surface area contributed by atoms with Crippen molar-refractivity contribution in [3.05, 3.63) is 35.9 Å². The van der Waals surface area contributed by atoms with Gasteiger partial charge in [-0.1, -0.05) is 24.1 Å². The van der Waals surface area contributed by atoms with Gasteiger partial charge in [0.15, 0.2) is 0 Å². The zero-order valence-corrected chi connectivity index (χ0v) is 10.6. The van der Waals surface area contributed by atoms with Gasteiger partial charge in [0.1, 0.15) is 6.04 Å². The van der Waals surface area contributed by atoms with E-state index >= 15 is 0 Å². The van der Waals surface area contributed by atoms with E-state index in [2.05, 4.69) is 17.2 Å². The zero-order valence-electron chi connectivity index (χ0n) is 10.6. The molecule has 4 N–H and O–H groups in total. The summed E-state index contributed by atoms with van der Waals surface area (Å²) in [5, 5.41) is 11.1. The average molecular weight is 274 g/mol. The quantitative estimate of drug-likeness (QED) is 0.650. The molecule has 6 nitrogen and oxygen atoms in total. The van der Waals surface area contributed by atoms with Gasteiger partial charge in [0.05, 0.1) is 0 Å². The molecule has 2 amide bonds. The number of nitrogens with two attached hydrogens (primary N) is 1. The number of rotatable bonds is 5. The molecule has 1 aromatic rings. The maximum atomic E-state index is 11.5. The molecule has 0 aromatic heterocycles. The Kier molecular flexibility index (Phi) is 5.78. The molecule has 1 aromatic carbocycles. The second kappa shape index (κ2) is 7.59. The van der Waals surface area contributed by atoms with E-state index in [0.29, 0.717) is 5.56 Å². The van der Waals surface area contributed by atoms with Gasteiger partial charge in [-0.05, 0) is 18.6 Å². The highest BCUT2D eigenvalue weighted by atomic mass is 16.4. The summed E-state index contributed by atoms with van der Waals surface area (Å²) < 4.78 is 0. The number of carboxylic acids is 1. The van der Waals surface area contributed by atoms with Gasteiger partial charge in [0.25, 0.3) is 5.91 Å². The molecule has 0 radical (unpaired) electrons. The van der Waals surface area contributed by atoms with E-state index in [1.54, 1.807) is 24.3 Å². The van der Waals surface area contributed by atoms with Crippen LogP contribution >= 0.6 is 0 Å². The van der Waals surface area contributed by atoms with Crippen molar-refractivity contribution in [1.29, 1.82) is 0 Å². The first-order valence-electron chi connectivity index (χ1n) is 5.87. The van der Waals surface area contributed by atoms with Gasteiger partial charge >= 0.3 is 5.97 Å². The second-order valence-electron chi connectivity index (χ2n) is 3.99. The van der Waals surface area contributed by atoms with Crippen molar-refractivity contribution >= 4 is 17.8 Å². The van der Waals surface area contributed by atoms with E-state index in [0.717, 1.165) is 0 Å². The van der Waals surface area contributed by atoms with E-state index in [1.807, 2.05) is 6.07 Å². The van der Waals surface area contributed by atoms with Gasteiger partial charge < -0.3 is 16.2 Å². The van der Waals surface area contributed by atoms with Gasteiger partial charge in [0, 0.05) is 17.9 Å². The van der Waals surface area contributed by atoms with Crippen LogP contribution < -0.4 is 11.1 Å². The Balaban J connectivity index is 2.61. The monoisotopic (exact) mass is 274 g/mol. The molecule has 0 spiro atoms. The highest BCUT2D eigenvalue weighted by Gasteiger charge is 2.19. The Hall–Kier alpha value is -2.81. The van der Waals surface area contributed by atoms with E-state index in [-0.39, 0.29) is 12.8 Å². The number of nitrogens with one attached hydrogen (secondary N) is 1. The van der Waals surface area contributed by atoms with Crippen LogP contribution in [0.3, 0.4) is 0 Å². The fourth-order valence-corrected chi connectivity index (χ4v) is 1.39. The number of amides is 2. The fourth-order valence-electron chi connectivity index (χ4n) is 1.39. The fraction of sp³-hybridized carbons (Fsp3) is 0.214. The molecule has 104 valence electrons. The van der Waals surface area contributed by atoms with Crippen molar-refractivity contribution < 1.29 is 19.5 Å². The Morgan fingerprint density at radius 3 is 2.45 bits per heavy atom. The van der Waals surface area contributed by atoms with Crippen LogP contribution in [0.1, 0.15) is 18.4 Å². The third kappa shape index (κ3) is 5.69. The van der Waals surface area contributed by atoms with E-state index < -0.39 is 23.8 Å². The number of hydrogen-bond donors (Lipinski definition) is 3. The largest absolute Gasteiger partial charge is 0.480 e. The lowest BCUT2D eigenvalue weighted by atomic mass is 10.1. The molecule has 20 heavy (non-hydrogen) atoms. The maximum absolute atomic E-state index is 11.5. The second-order valence-corrected chi connectivity index (χ2v) is 3.99. The predicted octanol–water partition coefficient (Wildman–Crippen LogP) is -0.127. The summed E-state index contributed by atoms with van der Waals surface area (Å²) >= 11 is 0. The Morgan fingerprint density at radius 1 is 1.25 bits per heavy atom. The minimum absolute atomic E-state index is 0.0660. The summed E-state index contributed by atoms with van der Waals surface area (Å²) in [5.74, 6) is 2.32. The third-order valence-electron chi connectivity index (χ3n) is 2.38. The molecule has 1 atom stereocenters. The van der Waals surface area contributed by atoms with Crippen molar-refractivity contribution in [3.8, 4) is 11.8 Å². The van der Waals surface area contributed by atoms with Gasteiger partial charge in [0.2, 0.25) is 5.91 Å². The van der Waals surface area contributed by atoms with E-state index in [1.165, 1.54) is 0 Å². The molecule has 6 heteroatoms. The Morgan fingerprint density at radius 2 is 1.90 bits per heavy atom. The number of carbonyl (C=O) groups is 3. The minimum Gasteiger partial charge on any atom is -0.480 e. The number of hydrogen-bond acceptors (Lipinski definition) is 3. The summed E-state index contributed by atoms with van der Waals surface area (Å²) in [6.45, 7) is 0. The molecule has 0 aliphatic rings. The van der Waals surface area contributed by atoms with Crippen molar-refractivity contribution in [3.63, 3.8) is 0 Å². The third-order valence-corrected chi connectivity index (χ3v) is 2.38. The summed E-state index contributed by atoms with van der Waals surface area (Å²) in [5.41, 5.74) is 5.58. The summed E-state index contributed by atoms with van der Waals surface area (Å²) in [7, 11) is 0. The Bertz CT molecular complexity index is 558. The highest BCUT2D eigenvalue weighted by Crippen LogP contribution is 1.98. The van der Waals surface area contributed by atoms with Gasteiger partial charge in [-0.2, -0.15) is 0 Å². The highest BCUT2D eigenvalue weighted by molar-refractivity contribution is 5.96. The molecular formula is C14H14N2O4. The van der Waals surface area contributed by atoms with E-state index in [4.69, 9.17) is 10.8 Å². The molecular weight excluding hydrogens is 260 g/mol. The maximum Gasteiger partial charge on any atom is 0.326 e. The van der Waals surface area contributed by atoms with Crippen LogP contribution in [0.4, 0.5) is 0 Å². The molecule has 0 saturated carbocycles. The average Bonchev–Trinajstić information content (AvgIpc) is 2.41. The van der Waals surface area contributed by atoms with E-state index in [9.17, 15) is 14.4 Å². The molecule has 1 unspecified atom stereocenters. The smallest absolute Gasteiger partial charge is 0.326 e. The lowest BCUT2D eigenvalue weighted by Gasteiger charge is -2.10. The van der Waals surface area contributed by atoms with Crippen LogP contribution in [0, 0.1) is 11.8 Å². The van der Waals surface area contributed by atoms with Gasteiger partial charge in [-0.3, -0.25) is 9.59 Å². The topological polar surface area (TPSA) is 109 Å². The van der Waals surface area contributed by atoms with Crippen LogP contribution in [-0.4, -0.2) is 28.9 Å². The molecule has 0 saturated heterocycles. The van der Waals surface area contributed by atoms with Crippen molar-refractivity contribution in [2.24, 2.45) is 5.73 Å². The van der Waals surface area contributed by atoms with Crippen LogP contribution in [0.5, 0.6) is 0 Å². The lowest BCUT2D eigenvalue weighted by Crippen LogP contribution is -2.40. The van der Waals surface area contributed by atoms with Crippen molar-refractivity contribution in [2.75, 3.05) is 0 Å². The van der Waals surface area contributed by atoms with Crippen LogP contribution in [0.2, 0.25) is 0 Å². The number of benzene rings is 1. The first-order valence-corrected chi connectivity index (χ1v) is 5.87. The first kappa shape index (κ1) is 15.2. The van der Waals surface area contributed by atoms with Crippen LogP contribution in [0.15, 0.2) is 30.3 Å². The molecule has 0 heterocycles. The molecule has 0 bridgehead atoms. The number of primary amides is 1. The Labute approximate surface area is 116 Å². The SMILES string of the molecule is NC(=O)CCC(NC(=O)C#Cc1ccccc1)C(=O)O. The van der Waals surface area contributed by atoms with Crippen molar-refractivity contribution in [1.82, 2.24) is 5.32 Å². The predicted molar refractivity (Wildman–Crippen MR) is 71.3 cm³/mol.